The minimum absolute atomic E-state index is 0.0134. The van der Waals surface area contributed by atoms with Gasteiger partial charge in [0.25, 0.3) is 0 Å². The molecule has 1 aliphatic heterocycles. The average Bonchev–Trinajstić information content (AvgIpc) is 3.30. The Morgan fingerprint density at radius 3 is 2.51 bits per heavy atom. The lowest BCUT2D eigenvalue weighted by Gasteiger charge is -2.31. The minimum atomic E-state index is -3.28. The fraction of sp³-hybridized carbons (Fsp3) is 0.292. The number of Topliss-reactive ketones (excluding diaryl/α,β-unsaturated/α-hetero) is 1. The molecule has 10 nitrogen and oxygen atoms in total. The van der Waals surface area contributed by atoms with E-state index in [1.165, 1.54) is 12.6 Å². The molecule has 0 unspecified atom stereocenters. The Morgan fingerprint density at radius 1 is 1.06 bits per heavy atom. The van der Waals surface area contributed by atoms with Crippen molar-refractivity contribution in [3.63, 3.8) is 0 Å². The Bertz CT molecular complexity index is 1450. The van der Waals surface area contributed by atoms with E-state index in [0.29, 0.717) is 34.8 Å². The Kier molecular flexibility index (Phi) is 6.27. The number of piperidine rings is 1. The normalized spacial score (nSPS) is 15.3. The van der Waals surface area contributed by atoms with Crippen molar-refractivity contribution in [2.45, 2.75) is 23.8 Å². The molecule has 0 amide bonds. The van der Waals surface area contributed by atoms with E-state index >= 15 is 0 Å². The molecule has 1 aromatic carbocycles. The van der Waals surface area contributed by atoms with Crippen molar-refractivity contribution in [2.75, 3.05) is 25.9 Å². The highest BCUT2D eigenvalue weighted by molar-refractivity contribution is 7.90. The van der Waals surface area contributed by atoms with Crippen molar-refractivity contribution in [1.82, 2.24) is 29.6 Å². The first kappa shape index (κ1) is 23.1. The van der Waals surface area contributed by atoms with E-state index in [4.69, 9.17) is 4.74 Å². The van der Waals surface area contributed by atoms with E-state index in [2.05, 4.69) is 25.0 Å². The van der Waals surface area contributed by atoms with E-state index in [-0.39, 0.29) is 16.8 Å². The highest BCUT2D eigenvalue weighted by Crippen LogP contribution is 2.26. The SMILES string of the molecule is CS(=O)(=O)c1ccc(-n2ncc3c(OC4CCN(CC(=O)c5ccccn5)CC4)ncnc32)cc1. The highest BCUT2D eigenvalue weighted by Gasteiger charge is 2.24. The van der Waals surface area contributed by atoms with Crippen LogP contribution in [-0.2, 0) is 9.84 Å². The molecule has 1 aliphatic rings. The number of ketones is 1. The van der Waals surface area contributed by atoms with Gasteiger partial charge in [-0.25, -0.2) is 23.1 Å². The summed E-state index contributed by atoms with van der Waals surface area (Å²) in [5, 5.41) is 5.09. The van der Waals surface area contributed by atoms with Gasteiger partial charge in [-0.15, -0.1) is 0 Å². The van der Waals surface area contributed by atoms with Gasteiger partial charge in [0.15, 0.2) is 21.3 Å². The van der Waals surface area contributed by atoms with E-state index in [9.17, 15) is 13.2 Å². The van der Waals surface area contributed by atoms with Crippen molar-refractivity contribution in [3.8, 4) is 11.6 Å². The fourth-order valence-corrected chi connectivity index (χ4v) is 4.73. The smallest absolute Gasteiger partial charge is 0.228 e. The molecule has 11 heteroatoms. The number of aromatic nitrogens is 5. The molecule has 0 spiro atoms. The monoisotopic (exact) mass is 492 g/mol. The highest BCUT2D eigenvalue weighted by atomic mass is 32.2. The zero-order valence-electron chi connectivity index (χ0n) is 19.1. The maximum Gasteiger partial charge on any atom is 0.228 e. The second-order valence-electron chi connectivity index (χ2n) is 8.47. The molecule has 1 fully saturated rings. The molecule has 35 heavy (non-hydrogen) atoms. The van der Waals surface area contributed by atoms with Crippen LogP contribution in [0.2, 0.25) is 0 Å². The van der Waals surface area contributed by atoms with Gasteiger partial charge < -0.3 is 4.74 Å². The molecule has 0 radical (unpaired) electrons. The first-order chi connectivity index (χ1) is 16.9. The molecule has 180 valence electrons. The van der Waals surface area contributed by atoms with Gasteiger partial charge in [-0.05, 0) is 49.2 Å². The van der Waals surface area contributed by atoms with Crippen LogP contribution in [0.25, 0.3) is 16.7 Å². The van der Waals surface area contributed by atoms with Crippen molar-refractivity contribution < 1.29 is 17.9 Å². The summed E-state index contributed by atoms with van der Waals surface area (Å²) in [6.45, 7) is 1.82. The molecule has 0 saturated carbocycles. The Labute approximate surface area is 202 Å². The van der Waals surface area contributed by atoms with Gasteiger partial charge in [0.05, 0.1) is 23.3 Å². The summed E-state index contributed by atoms with van der Waals surface area (Å²) in [6, 6.07) is 11.8. The van der Waals surface area contributed by atoms with Crippen molar-refractivity contribution in [1.29, 1.82) is 0 Å². The number of pyridine rings is 1. The third-order valence-electron chi connectivity index (χ3n) is 5.97. The summed E-state index contributed by atoms with van der Waals surface area (Å²) in [4.78, 5) is 27.6. The van der Waals surface area contributed by atoms with Crippen LogP contribution in [-0.4, -0.2) is 75.8 Å². The summed E-state index contributed by atoms with van der Waals surface area (Å²) < 4.78 is 31.3. The Morgan fingerprint density at radius 2 is 1.83 bits per heavy atom. The maximum absolute atomic E-state index is 12.4. The molecule has 4 heterocycles. The van der Waals surface area contributed by atoms with Gasteiger partial charge in [0.1, 0.15) is 23.5 Å². The Balaban J connectivity index is 1.25. The topological polar surface area (TPSA) is 120 Å². The third kappa shape index (κ3) is 5.05. The molecular weight excluding hydrogens is 468 g/mol. The summed E-state index contributed by atoms with van der Waals surface area (Å²) in [5.41, 5.74) is 1.74. The van der Waals surface area contributed by atoms with Gasteiger partial charge in [-0.3, -0.25) is 14.7 Å². The third-order valence-corrected chi connectivity index (χ3v) is 7.10. The van der Waals surface area contributed by atoms with Gasteiger partial charge >= 0.3 is 0 Å². The van der Waals surface area contributed by atoms with Crippen LogP contribution in [0.4, 0.5) is 0 Å². The number of hydrogen-bond donors (Lipinski definition) is 0. The quantitative estimate of drug-likeness (QED) is 0.358. The number of likely N-dealkylation sites (tertiary alicyclic amines) is 1. The van der Waals surface area contributed by atoms with Crippen molar-refractivity contribution in [2.24, 2.45) is 0 Å². The number of carbonyl (C=O) groups excluding carboxylic acids is 1. The molecule has 0 bridgehead atoms. The minimum Gasteiger partial charge on any atom is -0.474 e. The lowest BCUT2D eigenvalue weighted by atomic mass is 10.1. The number of benzene rings is 1. The van der Waals surface area contributed by atoms with Crippen LogP contribution in [0.1, 0.15) is 23.3 Å². The zero-order valence-corrected chi connectivity index (χ0v) is 19.9. The first-order valence-corrected chi connectivity index (χ1v) is 13.1. The molecule has 5 rings (SSSR count). The lowest BCUT2D eigenvalue weighted by Crippen LogP contribution is -2.41. The van der Waals surface area contributed by atoms with E-state index in [1.54, 1.807) is 53.5 Å². The fourth-order valence-electron chi connectivity index (χ4n) is 4.09. The second-order valence-corrected chi connectivity index (χ2v) is 10.5. The van der Waals surface area contributed by atoms with Gasteiger partial charge in [-0.1, -0.05) is 6.07 Å². The first-order valence-electron chi connectivity index (χ1n) is 11.2. The van der Waals surface area contributed by atoms with Gasteiger partial charge in [0, 0.05) is 25.5 Å². The van der Waals surface area contributed by atoms with Gasteiger partial charge in [0.2, 0.25) is 5.88 Å². The molecule has 3 aromatic heterocycles. The van der Waals surface area contributed by atoms with Crippen molar-refractivity contribution in [3.05, 3.63) is 66.9 Å². The second kappa shape index (κ2) is 9.51. The molecular formula is C24H24N6O4S. The predicted molar refractivity (Wildman–Crippen MR) is 128 cm³/mol. The van der Waals surface area contributed by atoms with Crippen LogP contribution < -0.4 is 4.74 Å². The largest absolute Gasteiger partial charge is 0.474 e. The van der Waals surface area contributed by atoms with E-state index < -0.39 is 9.84 Å². The molecule has 0 N–H and O–H groups in total. The summed E-state index contributed by atoms with van der Waals surface area (Å²) in [5.74, 6) is 0.469. The van der Waals surface area contributed by atoms with Crippen LogP contribution >= 0.6 is 0 Å². The summed E-state index contributed by atoms with van der Waals surface area (Å²) in [6.07, 6.45) is 7.38. The summed E-state index contributed by atoms with van der Waals surface area (Å²) >= 11 is 0. The number of rotatable bonds is 7. The summed E-state index contributed by atoms with van der Waals surface area (Å²) in [7, 11) is -3.28. The molecule has 0 aliphatic carbocycles. The predicted octanol–water partition coefficient (Wildman–Crippen LogP) is 2.34. The lowest BCUT2D eigenvalue weighted by molar-refractivity contribution is 0.0779. The van der Waals surface area contributed by atoms with E-state index in [0.717, 1.165) is 25.9 Å². The number of fused-ring (bicyclic) bond motifs is 1. The van der Waals surface area contributed by atoms with Crippen molar-refractivity contribution >= 4 is 26.7 Å². The zero-order chi connectivity index (χ0) is 24.4. The van der Waals surface area contributed by atoms with Crippen LogP contribution in [0, 0.1) is 0 Å². The number of carbonyl (C=O) groups is 1. The van der Waals surface area contributed by atoms with Crippen LogP contribution in [0.5, 0.6) is 5.88 Å². The average molecular weight is 493 g/mol. The standard InChI is InChI=1S/C24H24N6O4S/c1-35(32,33)19-7-5-17(6-8-19)30-23-20(14-28-30)24(27-16-26-23)34-18-9-12-29(13-10-18)15-22(31)21-4-2-3-11-25-21/h2-8,11,14,16,18H,9-10,12-13,15H2,1H3. The molecule has 1 saturated heterocycles. The number of sulfone groups is 1. The number of hydrogen-bond acceptors (Lipinski definition) is 9. The maximum atomic E-state index is 12.4. The number of ether oxygens (including phenoxy) is 1. The molecule has 0 atom stereocenters. The van der Waals surface area contributed by atoms with Gasteiger partial charge in [-0.2, -0.15) is 5.10 Å². The van der Waals surface area contributed by atoms with Crippen LogP contribution in [0.3, 0.4) is 0 Å². The van der Waals surface area contributed by atoms with E-state index in [1.807, 2.05) is 6.07 Å². The van der Waals surface area contributed by atoms with Crippen LogP contribution in [0.15, 0.2) is 66.1 Å². The Hall–Kier alpha value is -3.70. The molecule has 4 aromatic rings. The number of nitrogens with zero attached hydrogens (tertiary/aromatic N) is 6.